The minimum atomic E-state index is 0.0469. The van der Waals surface area contributed by atoms with E-state index in [-0.39, 0.29) is 6.04 Å². The molecule has 0 radical (unpaired) electrons. The lowest BCUT2D eigenvalue weighted by molar-refractivity contribution is -0.108. The van der Waals surface area contributed by atoms with Crippen LogP contribution in [0.25, 0.3) is 23.9 Å². The van der Waals surface area contributed by atoms with Crippen molar-refractivity contribution < 1.29 is 4.79 Å². The van der Waals surface area contributed by atoms with Crippen LogP contribution in [-0.4, -0.2) is 17.9 Å². The molecule has 1 aromatic heterocycles. The summed E-state index contributed by atoms with van der Waals surface area (Å²) in [5, 5.41) is 7.14. The third-order valence-corrected chi connectivity index (χ3v) is 3.70. The predicted molar refractivity (Wildman–Crippen MR) is 86.3 cm³/mol. The van der Waals surface area contributed by atoms with Gasteiger partial charge in [-0.2, -0.15) is 0 Å². The summed E-state index contributed by atoms with van der Waals surface area (Å²) in [5.74, 6) is 0. The number of anilines is 1. The van der Waals surface area contributed by atoms with E-state index in [1.54, 1.807) is 0 Å². The quantitative estimate of drug-likeness (QED) is 0.644. The molecule has 104 valence electrons. The maximum Gasteiger partial charge on any atom is 0.120 e. The molecule has 1 N–H and O–H groups in total. The van der Waals surface area contributed by atoms with Crippen molar-refractivity contribution in [2.24, 2.45) is 0 Å². The van der Waals surface area contributed by atoms with E-state index >= 15 is 0 Å². The van der Waals surface area contributed by atoms with Crippen molar-refractivity contribution in [2.75, 3.05) is 12.4 Å². The van der Waals surface area contributed by atoms with Crippen molar-refractivity contribution in [3.05, 3.63) is 41.6 Å². The van der Waals surface area contributed by atoms with Gasteiger partial charge in [-0.1, -0.05) is 25.3 Å². The molecule has 0 fully saturated rings. The molecule has 1 unspecified atom stereocenters. The first-order valence-electron chi connectivity index (χ1n) is 6.69. The molecular weight excluding hydrogens is 248 g/mol. The number of hydrogen-bond donors (Lipinski definition) is 1. The highest BCUT2D eigenvalue weighted by Crippen LogP contribution is 2.17. The number of hydrogen-bond acceptors (Lipinski definition) is 2. The maximum atomic E-state index is 10.6. The second-order valence-corrected chi connectivity index (χ2v) is 4.82. The zero-order chi connectivity index (χ0) is 14.7. The number of fused-ring (bicyclic) bond motifs is 1. The topological polar surface area (TPSA) is 34.0 Å². The number of carbonyl (C=O) groups excluding carboxylic acids is 1. The first-order valence-corrected chi connectivity index (χ1v) is 6.69. The van der Waals surface area contributed by atoms with E-state index in [4.69, 9.17) is 0 Å². The number of aromatic nitrogens is 1. The molecule has 0 spiro atoms. The zero-order valence-corrected chi connectivity index (χ0v) is 11.9. The van der Waals surface area contributed by atoms with E-state index in [0.29, 0.717) is 6.42 Å². The van der Waals surface area contributed by atoms with Crippen LogP contribution in [0.15, 0.2) is 30.9 Å². The standard InChI is InChI=1S/C17H20N2O/c1-5-15(7-6-10-20)19-12(2)16-9-8-14(18-4)11-17(16)13(19)3/h5,8-11,15,18H,1-3,6-7H2,4H3. The fourth-order valence-corrected chi connectivity index (χ4v) is 2.60. The number of nitrogens with one attached hydrogen (secondary N) is 1. The van der Waals surface area contributed by atoms with Crippen molar-refractivity contribution in [3.8, 4) is 0 Å². The van der Waals surface area contributed by atoms with Crippen LogP contribution in [0.1, 0.15) is 18.9 Å². The molecule has 0 bridgehead atoms. The van der Waals surface area contributed by atoms with Crippen LogP contribution in [0.5, 0.6) is 0 Å². The monoisotopic (exact) mass is 268 g/mol. The normalized spacial score (nSPS) is 12.2. The highest BCUT2D eigenvalue weighted by Gasteiger charge is 2.12. The largest absolute Gasteiger partial charge is 0.388 e. The van der Waals surface area contributed by atoms with Gasteiger partial charge in [-0.05, 0) is 18.6 Å². The Hall–Kier alpha value is -2.29. The second kappa shape index (κ2) is 5.78. The van der Waals surface area contributed by atoms with E-state index in [0.717, 1.165) is 39.9 Å². The molecule has 3 nitrogen and oxygen atoms in total. The smallest absolute Gasteiger partial charge is 0.120 e. The molecule has 0 aliphatic rings. The average molecular weight is 268 g/mol. The molecule has 0 aliphatic heterocycles. The number of nitrogens with zero attached hydrogens (tertiary/aromatic N) is 1. The van der Waals surface area contributed by atoms with Gasteiger partial charge in [-0.3, -0.25) is 0 Å². The summed E-state index contributed by atoms with van der Waals surface area (Å²) >= 11 is 0. The number of carbonyl (C=O) groups is 1. The second-order valence-electron chi connectivity index (χ2n) is 4.82. The van der Waals surface area contributed by atoms with E-state index in [1.807, 2.05) is 19.2 Å². The molecule has 0 aliphatic carbocycles. The van der Waals surface area contributed by atoms with Crippen molar-refractivity contribution in [1.82, 2.24) is 4.57 Å². The molecule has 1 aromatic carbocycles. The Kier molecular flexibility index (Phi) is 4.08. The van der Waals surface area contributed by atoms with Crippen LogP contribution < -0.4 is 16.0 Å². The first-order chi connectivity index (χ1) is 9.63. The van der Waals surface area contributed by atoms with Gasteiger partial charge in [0.1, 0.15) is 6.29 Å². The highest BCUT2D eigenvalue weighted by atomic mass is 16.1. The lowest BCUT2D eigenvalue weighted by Gasteiger charge is -2.14. The first kappa shape index (κ1) is 14.1. The van der Waals surface area contributed by atoms with Crippen molar-refractivity contribution in [1.29, 1.82) is 0 Å². The molecule has 2 rings (SSSR count). The Balaban J connectivity index is 2.64. The van der Waals surface area contributed by atoms with Gasteiger partial charge in [0, 0.05) is 40.6 Å². The van der Waals surface area contributed by atoms with E-state index in [9.17, 15) is 4.79 Å². The molecular formula is C17H20N2O. The van der Waals surface area contributed by atoms with Crippen molar-refractivity contribution in [3.63, 3.8) is 0 Å². The number of aldehydes is 1. The third kappa shape index (κ3) is 2.27. The fraction of sp³-hybridized carbons (Fsp3) is 0.235. The summed E-state index contributed by atoms with van der Waals surface area (Å²) in [6, 6.07) is 6.19. The molecule has 1 heterocycles. The summed E-state index contributed by atoms with van der Waals surface area (Å²) in [6.45, 7) is 12.2. The summed E-state index contributed by atoms with van der Waals surface area (Å²) in [4.78, 5) is 10.6. The minimum Gasteiger partial charge on any atom is -0.388 e. The Morgan fingerprint density at radius 1 is 1.30 bits per heavy atom. The van der Waals surface area contributed by atoms with E-state index in [1.165, 1.54) is 0 Å². The molecule has 0 saturated heterocycles. The van der Waals surface area contributed by atoms with Crippen LogP contribution in [0.2, 0.25) is 0 Å². The summed E-state index contributed by atoms with van der Waals surface area (Å²) < 4.78 is 2.07. The Morgan fingerprint density at radius 2 is 2.00 bits per heavy atom. The molecule has 20 heavy (non-hydrogen) atoms. The van der Waals surface area contributed by atoms with Gasteiger partial charge in [-0.15, -0.1) is 6.58 Å². The SMILES string of the molecule is C=CC(CCC=O)n1c(=C)c2ccc(NC)cc2c1=C. The molecule has 1 atom stereocenters. The third-order valence-electron chi connectivity index (χ3n) is 3.70. The van der Waals surface area contributed by atoms with Crippen LogP contribution in [0.3, 0.4) is 0 Å². The molecule has 3 heteroatoms. The van der Waals surface area contributed by atoms with E-state index < -0.39 is 0 Å². The van der Waals surface area contributed by atoms with Gasteiger partial charge in [0.2, 0.25) is 0 Å². The van der Waals surface area contributed by atoms with Gasteiger partial charge < -0.3 is 14.7 Å². The van der Waals surface area contributed by atoms with Gasteiger partial charge in [-0.25, -0.2) is 0 Å². The average Bonchev–Trinajstić information content (AvgIpc) is 2.72. The summed E-state index contributed by atoms with van der Waals surface area (Å²) in [6.07, 6.45) is 4.01. The van der Waals surface area contributed by atoms with Crippen LogP contribution in [-0.2, 0) is 4.79 Å². The Bertz CT molecular complexity index is 742. The number of allylic oxidation sites excluding steroid dienone is 1. The van der Waals surface area contributed by atoms with Crippen molar-refractivity contribution >= 4 is 35.9 Å². The summed E-state index contributed by atoms with van der Waals surface area (Å²) in [7, 11) is 1.89. The van der Waals surface area contributed by atoms with Gasteiger partial charge in [0.25, 0.3) is 0 Å². The Labute approximate surface area is 118 Å². The van der Waals surface area contributed by atoms with Gasteiger partial charge in [0.15, 0.2) is 0 Å². The van der Waals surface area contributed by atoms with Crippen LogP contribution >= 0.6 is 0 Å². The fourth-order valence-electron chi connectivity index (χ4n) is 2.60. The highest BCUT2D eigenvalue weighted by molar-refractivity contribution is 5.86. The van der Waals surface area contributed by atoms with E-state index in [2.05, 4.69) is 41.8 Å². The number of rotatable bonds is 6. The lowest BCUT2D eigenvalue weighted by atomic mass is 10.1. The van der Waals surface area contributed by atoms with Crippen molar-refractivity contribution in [2.45, 2.75) is 18.9 Å². The lowest BCUT2D eigenvalue weighted by Crippen LogP contribution is -2.28. The number of benzene rings is 1. The van der Waals surface area contributed by atoms with Crippen LogP contribution in [0.4, 0.5) is 5.69 Å². The minimum absolute atomic E-state index is 0.0469. The Morgan fingerprint density at radius 3 is 2.60 bits per heavy atom. The molecule has 0 amide bonds. The zero-order valence-electron chi connectivity index (χ0n) is 11.9. The molecule has 0 saturated carbocycles. The van der Waals surface area contributed by atoms with Gasteiger partial charge in [0.05, 0.1) is 6.04 Å². The predicted octanol–water partition coefficient (Wildman–Crippen LogP) is 2.21. The molecule has 2 aromatic rings. The van der Waals surface area contributed by atoms with Crippen LogP contribution in [0, 0.1) is 0 Å². The summed E-state index contributed by atoms with van der Waals surface area (Å²) in [5.41, 5.74) is 1.04. The van der Waals surface area contributed by atoms with Gasteiger partial charge >= 0.3 is 0 Å². The maximum absolute atomic E-state index is 10.6.